The summed E-state index contributed by atoms with van der Waals surface area (Å²) in [5.41, 5.74) is 0.970. The molecule has 0 bridgehead atoms. The molecule has 114 valence electrons. The van der Waals surface area contributed by atoms with Gasteiger partial charge in [0.25, 0.3) is 0 Å². The molecule has 2 rings (SSSR count). The molecule has 21 heavy (non-hydrogen) atoms. The van der Waals surface area contributed by atoms with Crippen molar-refractivity contribution in [3.63, 3.8) is 0 Å². The minimum absolute atomic E-state index is 0.0633. The molecule has 0 radical (unpaired) electrons. The standard InChI is InChI=1S/C16H21NO4/c1-21-11-12-5-7-17(8-6-12)15(18)10-13-3-2-4-14(9-13)16(19)20/h2-4,9,12H,5-8,10-11H2,1H3,(H,19,20). The smallest absolute Gasteiger partial charge is 0.335 e. The summed E-state index contributed by atoms with van der Waals surface area (Å²) in [6.45, 7) is 2.26. The fraction of sp³-hybridized carbons (Fsp3) is 0.500. The number of carbonyl (C=O) groups excluding carboxylic acids is 1. The molecule has 0 unspecified atom stereocenters. The van der Waals surface area contributed by atoms with Crippen LogP contribution in [0.2, 0.25) is 0 Å². The van der Waals surface area contributed by atoms with Crippen LogP contribution in [0.5, 0.6) is 0 Å². The Morgan fingerprint density at radius 1 is 1.33 bits per heavy atom. The molecule has 0 aromatic heterocycles. The topological polar surface area (TPSA) is 66.8 Å². The Labute approximate surface area is 124 Å². The minimum Gasteiger partial charge on any atom is -0.478 e. The third-order valence-electron chi connectivity index (χ3n) is 3.90. The van der Waals surface area contributed by atoms with Crippen LogP contribution in [0.25, 0.3) is 0 Å². The third kappa shape index (κ3) is 4.29. The van der Waals surface area contributed by atoms with Gasteiger partial charge in [-0.25, -0.2) is 4.79 Å². The number of piperidine rings is 1. The summed E-state index contributed by atoms with van der Waals surface area (Å²) in [5.74, 6) is -0.368. The van der Waals surface area contributed by atoms with Gasteiger partial charge in [0.15, 0.2) is 0 Å². The highest BCUT2D eigenvalue weighted by molar-refractivity contribution is 5.88. The van der Waals surface area contributed by atoms with Crippen molar-refractivity contribution in [2.45, 2.75) is 19.3 Å². The quantitative estimate of drug-likeness (QED) is 0.898. The van der Waals surface area contributed by atoms with Crippen molar-refractivity contribution >= 4 is 11.9 Å². The molecule has 5 nitrogen and oxygen atoms in total. The molecule has 0 spiro atoms. The number of rotatable bonds is 5. The number of hydrogen-bond acceptors (Lipinski definition) is 3. The molecule has 1 N–H and O–H groups in total. The van der Waals surface area contributed by atoms with Crippen LogP contribution in [-0.2, 0) is 16.0 Å². The number of ether oxygens (including phenoxy) is 1. The van der Waals surface area contributed by atoms with Crippen LogP contribution in [0.3, 0.4) is 0 Å². The largest absolute Gasteiger partial charge is 0.478 e. The van der Waals surface area contributed by atoms with Crippen LogP contribution in [0, 0.1) is 5.92 Å². The van der Waals surface area contributed by atoms with Gasteiger partial charge in [0.1, 0.15) is 0 Å². The van der Waals surface area contributed by atoms with Crippen molar-refractivity contribution in [3.8, 4) is 0 Å². The molecule has 0 aliphatic carbocycles. The summed E-state index contributed by atoms with van der Waals surface area (Å²) >= 11 is 0. The van der Waals surface area contributed by atoms with Crippen LogP contribution >= 0.6 is 0 Å². The van der Waals surface area contributed by atoms with E-state index < -0.39 is 5.97 Å². The summed E-state index contributed by atoms with van der Waals surface area (Å²) in [4.78, 5) is 25.1. The minimum atomic E-state index is -0.968. The predicted molar refractivity (Wildman–Crippen MR) is 78.3 cm³/mol. The maximum Gasteiger partial charge on any atom is 0.335 e. The summed E-state index contributed by atoms with van der Waals surface area (Å²) in [7, 11) is 1.70. The predicted octanol–water partition coefficient (Wildman–Crippen LogP) is 1.81. The van der Waals surface area contributed by atoms with E-state index in [1.54, 1.807) is 25.3 Å². The molecular formula is C16H21NO4. The zero-order chi connectivity index (χ0) is 15.2. The monoisotopic (exact) mass is 291 g/mol. The zero-order valence-corrected chi connectivity index (χ0v) is 12.2. The Kier molecular flexibility index (Phi) is 5.33. The third-order valence-corrected chi connectivity index (χ3v) is 3.90. The molecule has 0 atom stereocenters. The number of nitrogens with zero attached hydrogens (tertiary/aromatic N) is 1. The number of hydrogen-bond donors (Lipinski definition) is 1. The first-order chi connectivity index (χ1) is 10.1. The average Bonchev–Trinajstić information content (AvgIpc) is 2.48. The number of aromatic carboxylic acids is 1. The van der Waals surface area contributed by atoms with E-state index >= 15 is 0 Å². The van der Waals surface area contributed by atoms with E-state index in [1.165, 1.54) is 6.07 Å². The van der Waals surface area contributed by atoms with Gasteiger partial charge in [-0.05, 0) is 36.5 Å². The van der Waals surface area contributed by atoms with E-state index in [0.717, 1.165) is 38.1 Å². The molecule has 1 fully saturated rings. The molecular weight excluding hydrogens is 270 g/mol. The Hall–Kier alpha value is -1.88. The Bertz CT molecular complexity index is 507. The Balaban J connectivity index is 1.90. The van der Waals surface area contributed by atoms with Crippen LogP contribution in [0.1, 0.15) is 28.8 Å². The van der Waals surface area contributed by atoms with Crippen molar-refractivity contribution in [2.24, 2.45) is 5.92 Å². The lowest BCUT2D eigenvalue weighted by Crippen LogP contribution is -2.40. The normalized spacial score (nSPS) is 16.0. The van der Waals surface area contributed by atoms with Crippen molar-refractivity contribution < 1.29 is 19.4 Å². The molecule has 1 aromatic carbocycles. The molecule has 1 heterocycles. The number of likely N-dealkylation sites (tertiary alicyclic amines) is 1. The van der Waals surface area contributed by atoms with Crippen LogP contribution in [0.15, 0.2) is 24.3 Å². The van der Waals surface area contributed by atoms with Gasteiger partial charge in [-0.2, -0.15) is 0 Å². The van der Waals surface area contributed by atoms with Gasteiger partial charge in [0, 0.05) is 26.8 Å². The lowest BCUT2D eigenvalue weighted by atomic mass is 9.97. The number of carboxylic acid groups (broad SMARTS) is 1. The van der Waals surface area contributed by atoms with Crippen LogP contribution in [-0.4, -0.2) is 48.7 Å². The van der Waals surface area contributed by atoms with Gasteiger partial charge in [-0.15, -0.1) is 0 Å². The van der Waals surface area contributed by atoms with Crippen LogP contribution < -0.4 is 0 Å². The van der Waals surface area contributed by atoms with Gasteiger partial charge < -0.3 is 14.7 Å². The van der Waals surface area contributed by atoms with Crippen molar-refractivity contribution in [3.05, 3.63) is 35.4 Å². The first kappa shape index (κ1) is 15.5. The number of methoxy groups -OCH3 is 1. The summed E-state index contributed by atoms with van der Waals surface area (Å²) in [5, 5.41) is 8.96. The Morgan fingerprint density at radius 2 is 2.05 bits per heavy atom. The summed E-state index contributed by atoms with van der Waals surface area (Å²) < 4.78 is 5.15. The van der Waals surface area contributed by atoms with Gasteiger partial charge in [-0.3, -0.25) is 4.79 Å². The van der Waals surface area contributed by atoms with Gasteiger partial charge in [0.2, 0.25) is 5.91 Å². The van der Waals surface area contributed by atoms with Gasteiger partial charge in [-0.1, -0.05) is 12.1 Å². The molecule has 1 aliphatic heterocycles. The van der Waals surface area contributed by atoms with Crippen molar-refractivity contribution in [2.75, 3.05) is 26.8 Å². The van der Waals surface area contributed by atoms with Crippen molar-refractivity contribution in [1.82, 2.24) is 4.90 Å². The van der Waals surface area contributed by atoms with Crippen LogP contribution in [0.4, 0.5) is 0 Å². The fourth-order valence-electron chi connectivity index (χ4n) is 2.69. The second kappa shape index (κ2) is 7.22. The van der Waals surface area contributed by atoms with E-state index in [9.17, 15) is 9.59 Å². The average molecular weight is 291 g/mol. The number of benzene rings is 1. The lowest BCUT2D eigenvalue weighted by molar-refractivity contribution is -0.132. The molecule has 0 saturated carbocycles. The van der Waals surface area contributed by atoms with E-state index in [-0.39, 0.29) is 17.9 Å². The Morgan fingerprint density at radius 3 is 2.67 bits per heavy atom. The van der Waals surface area contributed by atoms with E-state index in [4.69, 9.17) is 9.84 Å². The van der Waals surface area contributed by atoms with E-state index in [1.807, 2.05) is 4.90 Å². The van der Waals surface area contributed by atoms with E-state index in [2.05, 4.69) is 0 Å². The first-order valence-corrected chi connectivity index (χ1v) is 7.19. The molecule has 1 aromatic rings. The highest BCUT2D eigenvalue weighted by Crippen LogP contribution is 2.18. The zero-order valence-electron chi connectivity index (χ0n) is 12.2. The number of amides is 1. The van der Waals surface area contributed by atoms with E-state index in [0.29, 0.717) is 5.92 Å². The highest BCUT2D eigenvalue weighted by atomic mass is 16.5. The van der Waals surface area contributed by atoms with Gasteiger partial charge in [0.05, 0.1) is 12.0 Å². The maximum absolute atomic E-state index is 12.3. The first-order valence-electron chi connectivity index (χ1n) is 7.19. The molecule has 1 amide bonds. The summed E-state index contributed by atoms with van der Waals surface area (Å²) in [6.07, 6.45) is 2.19. The maximum atomic E-state index is 12.3. The fourth-order valence-corrected chi connectivity index (χ4v) is 2.69. The molecule has 1 aliphatic rings. The number of carboxylic acids is 1. The SMILES string of the molecule is COCC1CCN(C(=O)Cc2cccc(C(=O)O)c2)CC1. The second-order valence-electron chi connectivity index (χ2n) is 5.46. The lowest BCUT2D eigenvalue weighted by Gasteiger charge is -2.31. The highest BCUT2D eigenvalue weighted by Gasteiger charge is 2.22. The van der Waals surface area contributed by atoms with Crippen molar-refractivity contribution in [1.29, 1.82) is 0 Å². The van der Waals surface area contributed by atoms with Gasteiger partial charge >= 0.3 is 5.97 Å². The summed E-state index contributed by atoms with van der Waals surface area (Å²) in [6, 6.07) is 6.57. The second-order valence-corrected chi connectivity index (χ2v) is 5.46. The number of carbonyl (C=O) groups is 2. The molecule has 1 saturated heterocycles. The molecule has 5 heteroatoms.